The second-order valence-electron chi connectivity index (χ2n) is 6.68. The number of amides is 2. The van der Waals surface area contributed by atoms with E-state index in [0.717, 1.165) is 19.3 Å². The molecule has 2 rings (SSSR count). The number of hydrogen-bond donors (Lipinski definition) is 1. The third-order valence-electron chi connectivity index (χ3n) is 4.64. The van der Waals surface area contributed by atoms with E-state index in [1.165, 1.54) is 37.7 Å². The van der Waals surface area contributed by atoms with E-state index >= 15 is 0 Å². The molecule has 0 aromatic heterocycles. The Labute approximate surface area is 155 Å². The molecule has 1 aromatic rings. The lowest BCUT2D eigenvalue weighted by Gasteiger charge is -2.15. The van der Waals surface area contributed by atoms with Crippen molar-refractivity contribution in [3.05, 3.63) is 35.6 Å². The van der Waals surface area contributed by atoms with Crippen LogP contribution in [-0.2, 0) is 14.3 Å². The molecular weight excluding hydrogens is 330 g/mol. The molecule has 1 aliphatic heterocycles. The van der Waals surface area contributed by atoms with Crippen molar-refractivity contribution < 1.29 is 19.4 Å². The number of rotatable bonds is 10. The Balaban J connectivity index is 2.02. The molecule has 5 heteroatoms. The van der Waals surface area contributed by atoms with Gasteiger partial charge in [0.1, 0.15) is 12.4 Å². The number of aliphatic hydroxyl groups excluding tert-OH is 1. The van der Waals surface area contributed by atoms with Crippen LogP contribution < -0.4 is 4.90 Å². The first-order chi connectivity index (χ1) is 12.6. The highest BCUT2D eigenvalue weighted by molar-refractivity contribution is 6.40. The molecule has 142 valence electrons. The second-order valence-corrected chi connectivity index (χ2v) is 6.68. The third kappa shape index (κ3) is 4.73. The van der Waals surface area contributed by atoms with E-state index in [-0.39, 0.29) is 23.8 Å². The summed E-state index contributed by atoms with van der Waals surface area (Å²) in [4.78, 5) is 26.6. The maximum Gasteiger partial charge on any atom is 0.269 e. The van der Waals surface area contributed by atoms with Gasteiger partial charge in [-0.2, -0.15) is 0 Å². The van der Waals surface area contributed by atoms with E-state index < -0.39 is 5.91 Å². The van der Waals surface area contributed by atoms with Crippen LogP contribution >= 0.6 is 0 Å². The van der Waals surface area contributed by atoms with Crippen molar-refractivity contribution in [1.29, 1.82) is 0 Å². The van der Waals surface area contributed by atoms with Gasteiger partial charge < -0.3 is 9.84 Å². The molecule has 0 spiro atoms. The number of unbranched alkanes of at least 4 members (excludes halogenated alkanes) is 6. The fourth-order valence-electron chi connectivity index (χ4n) is 3.30. The number of aliphatic hydroxyl groups is 1. The summed E-state index contributed by atoms with van der Waals surface area (Å²) in [6.07, 6.45) is 8.17. The largest absolute Gasteiger partial charge is 0.509 e. The number of ether oxygens (including phenoxy) is 1. The summed E-state index contributed by atoms with van der Waals surface area (Å²) >= 11 is 0. The van der Waals surface area contributed by atoms with Gasteiger partial charge in [-0.05, 0) is 12.5 Å². The molecule has 0 radical (unpaired) electrons. The molecule has 0 saturated carbocycles. The number of anilines is 1. The van der Waals surface area contributed by atoms with Gasteiger partial charge in [-0.25, -0.2) is 4.90 Å². The fraction of sp³-hybridized carbons (Fsp3) is 0.524. The van der Waals surface area contributed by atoms with Gasteiger partial charge in [-0.1, -0.05) is 63.6 Å². The molecule has 0 unspecified atom stereocenters. The first kappa shape index (κ1) is 20.2. The molecule has 1 aromatic carbocycles. The zero-order valence-corrected chi connectivity index (χ0v) is 15.8. The minimum atomic E-state index is -0.464. The standard InChI is InChI=1S/C21H29NO4/c1-3-4-5-6-7-8-9-14-19(24)22-17-13-11-10-12-16(17)20(21(22)25)18(23)15-26-2/h10-13,23H,3-9,14-15H2,1-2H3/b20-18-. The van der Waals surface area contributed by atoms with Crippen molar-refractivity contribution in [1.82, 2.24) is 0 Å². The van der Waals surface area contributed by atoms with Crippen LogP contribution in [0.2, 0.25) is 0 Å². The van der Waals surface area contributed by atoms with Gasteiger partial charge in [-0.3, -0.25) is 9.59 Å². The first-order valence-corrected chi connectivity index (χ1v) is 9.49. The summed E-state index contributed by atoms with van der Waals surface area (Å²) in [6.45, 7) is 2.13. The molecule has 1 aliphatic rings. The lowest BCUT2D eigenvalue weighted by molar-refractivity contribution is -0.123. The quantitative estimate of drug-likeness (QED) is 0.376. The number of nitrogens with zero attached hydrogens (tertiary/aromatic N) is 1. The average Bonchev–Trinajstić information content (AvgIpc) is 2.93. The van der Waals surface area contributed by atoms with Crippen LogP contribution in [0.3, 0.4) is 0 Å². The van der Waals surface area contributed by atoms with Crippen LogP contribution in [0.4, 0.5) is 5.69 Å². The number of methoxy groups -OCH3 is 1. The molecule has 0 atom stereocenters. The maximum atomic E-state index is 12.8. The summed E-state index contributed by atoms with van der Waals surface area (Å²) in [5, 5.41) is 10.2. The highest BCUT2D eigenvalue weighted by Crippen LogP contribution is 2.38. The number of para-hydroxylation sites is 1. The van der Waals surface area contributed by atoms with Crippen LogP contribution in [0.1, 0.15) is 63.9 Å². The Bertz CT molecular complexity index is 666. The number of benzene rings is 1. The van der Waals surface area contributed by atoms with Crippen LogP contribution in [0, 0.1) is 0 Å². The number of carbonyl (C=O) groups is 2. The lowest BCUT2D eigenvalue weighted by Crippen LogP contribution is -2.33. The highest BCUT2D eigenvalue weighted by Gasteiger charge is 2.38. The fourth-order valence-corrected chi connectivity index (χ4v) is 3.30. The van der Waals surface area contributed by atoms with E-state index in [1.54, 1.807) is 24.3 Å². The van der Waals surface area contributed by atoms with Crippen molar-refractivity contribution in [3.8, 4) is 0 Å². The number of hydrogen-bond acceptors (Lipinski definition) is 4. The molecule has 5 nitrogen and oxygen atoms in total. The summed E-state index contributed by atoms with van der Waals surface area (Å²) in [5.74, 6) is -0.818. The van der Waals surface area contributed by atoms with E-state index in [4.69, 9.17) is 4.74 Å². The molecular formula is C21H29NO4. The van der Waals surface area contributed by atoms with Crippen LogP contribution in [0.5, 0.6) is 0 Å². The van der Waals surface area contributed by atoms with Crippen LogP contribution in [0.15, 0.2) is 30.0 Å². The summed E-state index contributed by atoms with van der Waals surface area (Å²) in [6, 6.07) is 7.06. The molecule has 26 heavy (non-hydrogen) atoms. The van der Waals surface area contributed by atoms with Crippen molar-refractivity contribution >= 4 is 23.1 Å². The summed E-state index contributed by atoms with van der Waals surface area (Å²) < 4.78 is 4.93. The summed E-state index contributed by atoms with van der Waals surface area (Å²) in [7, 11) is 1.45. The summed E-state index contributed by atoms with van der Waals surface area (Å²) in [5.41, 5.74) is 1.29. The average molecular weight is 359 g/mol. The zero-order chi connectivity index (χ0) is 18.9. The predicted octanol–water partition coefficient (Wildman–Crippen LogP) is 4.62. The van der Waals surface area contributed by atoms with Crippen molar-refractivity contribution in [2.24, 2.45) is 0 Å². The van der Waals surface area contributed by atoms with E-state index in [2.05, 4.69) is 6.92 Å². The molecule has 0 saturated heterocycles. The Morgan fingerprint density at radius 2 is 1.73 bits per heavy atom. The van der Waals surface area contributed by atoms with Gasteiger partial charge in [0, 0.05) is 19.1 Å². The molecule has 0 aliphatic carbocycles. The highest BCUT2D eigenvalue weighted by atomic mass is 16.5. The van der Waals surface area contributed by atoms with E-state index in [9.17, 15) is 14.7 Å². The molecule has 2 amide bonds. The van der Waals surface area contributed by atoms with Gasteiger partial charge in [0.05, 0.1) is 11.3 Å². The smallest absolute Gasteiger partial charge is 0.269 e. The van der Waals surface area contributed by atoms with Crippen molar-refractivity contribution in [3.63, 3.8) is 0 Å². The van der Waals surface area contributed by atoms with Crippen LogP contribution in [0.25, 0.3) is 5.57 Å². The Morgan fingerprint density at radius 1 is 1.08 bits per heavy atom. The van der Waals surface area contributed by atoms with E-state index in [0.29, 0.717) is 17.7 Å². The van der Waals surface area contributed by atoms with E-state index in [1.807, 2.05) is 0 Å². The van der Waals surface area contributed by atoms with Crippen molar-refractivity contribution in [2.75, 3.05) is 18.6 Å². The molecule has 0 bridgehead atoms. The Hall–Kier alpha value is -2.14. The van der Waals surface area contributed by atoms with Gasteiger partial charge >= 0.3 is 0 Å². The Morgan fingerprint density at radius 3 is 2.42 bits per heavy atom. The molecule has 1 N–H and O–H groups in total. The van der Waals surface area contributed by atoms with Crippen LogP contribution in [-0.4, -0.2) is 30.6 Å². The van der Waals surface area contributed by atoms with Gasteiger partial charge in [0.2, 0.25) is 5.91 Å². The predicted molar refractivity (Wildman–Crippen MR) is 103 cm³/mol. The lowest BCUT2D eigenvalue weighted by atomic mass is 10.1. The monoisotopic (exact) mass is 359 g/mol. The maximum absolute atomic E-state index is 12.8. The van der Waals surface area contributed by atoms with Gasteiger partial charge in [0.15, 0.2) is 0 Å². The SMILES string of the molecule is CCCCCCCCCC(=O)N1C(=O)/C(=C(\O)COC)c2ccccc21. The van der Waals surface area contributed by atoms with Gasteiger partial charge in [-0.15, -0.1) is 0 Å². The Kier molecular flexibility index (Phi) is 7.85. The minimum Gasteiger partial charge on any atom is -0.509 e. The number of imide groups is 1. The minimum absolute atomic E-state index is 0.0603. The zero-order valence-electron chi connectivity index (χ0n) is 15.8. The number of fused-ring (bicyclic) bond motifs is 1. The van der Waals surface area contributed by atoms with Crippen molar-refractivity contribution in [2.45, 2.75) is 58.3 Å². The molecule has 1 heterocycles. The second kappa shape index (κ2) is 10.1. The topological polar surface area (TPSA) is 66.8 Å². The third-order valence-corrected chi connectivity index (χ3v) is 4.64. The first-order valence-electron chi connectivity index (χ1n) is 9.49. The van der Waals surface area contributed by atoms with Gasteiger partial charge in [0.25, 0.3) is 5.91 Å². The molecule has 0 fully saturated rings. The number of carbonyl (C=O) groups excluding carboxylic acids is 2. The normalized spacial score (nSPS) is 15.3.